The lowest BCUT2D eigenvalue weighted by Crippen LogP contribution is -2.50. The van der Waals surface area contributed by atoms with Gasteiger partial charge in [-0.05, 0) is 0 Å². The number of ether oxygens (including phenoxy) is 1. The van der Waals surface area contributed by atoms with Crippen molar-refractivity contribution in [2.45, 2.75) is 18.4 Å². The van der Waals surface area contributed by atoms with Gasteiger partial charge in [-0.3, -0.25) is 0 Å². The Kier molecular flexibility index (Phi) is 4.19. The number of hydrogen-bond donors (Lipinski definition) is 1. The van der Waals surface area contributed by atoms with Crippen molar-refractivity contribution in [1.82, 2.24) is 0 Å². The van der Waals surface area contributed by atoms with Crippen LogP contribution in [0.2, 0.25) is 0 Å². The van der Waals surface area contributed by atoms with Crippen LogP contribution in [-0.2, 0) is 4.74 Å². The third-order valence-electron chi connectivity index (χ3n) is 1.49. The highest BCUT2D eigenvalue weighted by Crippen LogP contribution is 2.40. The second kappa shape index (κ2) is 4.35. The second-order valence-electron chi connectivity index (χ2n) is 2.68. The number of methoxy groups -OCH3 is 1. The molecular formula is C6H9F6NO. The molecule has 0 rings (SSSR count). The molecule has 2 nitrogen and oxygen atoms in total. The highest BCUT2D eigenvalue weighted by molar-refractivity contribution is 4.84. The van der Waals surface area contributed by atoms with Crippen LogP contribution in [0, 0.1) is 5.92 Å². The zero-order chi connectivity index (χ0) is 11.6. The van der Waals surface area contributed by atoms with Crippen molar-refractivity contribution in [2.75, 3.05) is 13.7 Å². The number of hydrogen-bond acceptors (Lipinski definition) is 2. The third-order valence-corrected chi connectivity index (χ3v) is 1.49. The molecule has 0 aliphatic carbocycles. The number of nitrogens with two attached hydrogens (primary N) is 1. The molecule has 0 radical (unpaired) electrons. The molecule has 0 saturated carbocycles. The second-order valence-corrected chi connectivity index (χ2v) is 2.68. The Morgan fingerprint density at radius 1 is 1.07 bits per heavy atom. The minimum absolute atomic E-state index is 0.802. The van der Waals surface area contributed by atoms with Crippen LogP contribution in [0.1, 0.15) is 0 Å². The Balaban J connectivity index is 4.74. The molecule has 0 aliphatic heterocycles. The van der Waals surface area contributed by atoms with Gasteiger partial charge in [-0.25, -0.2) is 0 Å². The van der Waals surface area contributed by atoms with Crippen LogP contribution < -0.4 is 5.73 Å². The topological polar surface area (TPSA) is 35.2 Å². The van der Waals surface area contributed by atoms with Crippen LogP contribution in [0.5, 0.6) is 0 Å². The van der Waals surface area contributed by atoms with Crippen LogP contribution >= 0.6 is 0 Å². The largest absolute Gasteiger partial charge is 0.402 e. The fourth-order valence-corrected chi connectivity index (χ4v) is 0.960. The van der Waals surface area contributed by atoms with Crippen LogP contribution in [-0.4, -0.2) is 32.1 Å². The van der Waals surface area contributed by atoms with Crippen molar-refractivity contribution in [3.05, 3.63) is 0 Å². The molecule has 8 heteroatoms. The molecular weight excluding hydrogens is 216 g/mol. The van der Waals surface area contributed by atoms with Crippen molar-refractivity contribution in [3.63, 3.8) is 0 Å². The van der Waals surface area contributed by atoms with Gasteiger partial charge in [-0.1, -0.05) is 0 Å². The molecule has 1 unspecified atom stereocenters. The highest BCUT2D eigenvalue weighted by atomic mass is 19.4. The summed E-state index contributed by atoms with van der Waals surface area (Å²) in [5.41, 5.74) is 4.74. The summed E-state index contributed by atoms with van der Waals surface area (Å²) in [5.74, 6) is -3.55. The Morgan fingerprint density at radius 2 is 1.43 bits per heavy atom. The minimum atomic E-state index is -5.41. The van der Waals surface area contributed by atoms with Gasteiger partial charge in [0.1, 0.15) is 0 Å². The molecule has 0 aromatic heterocycles. The Bertz CT molecular complexity index is 162. The molecule has 0 heterocycles. The summed E-state index contributed by atoms with van der Waals surface area (Å²) in [5, 5.41) is 0. The smallest absolute Gasteiger partial charge is 0.383 e. The lowest BCUT2D eigenvalue weighted by molar-refractivity contribution is -0.291. The standard InChI is InChI=1S/C6H9F6NO/c1-14-2-3(13)4(5(7,8)9)6(10,11)12/h3-4H,2,13H2,1H3. The maximum Gasteiger partial charge on any atom is 0.402 e. The zero-order valence-electron chi connectivity index (χ0n) is 7.12. The van der Waals surface area contributed by atoms with E-state index in [-0.39, 0.29) is 0 Å². The number of rotatable bonds is 3. The van der Waals surface area contributed by atoms with E-state index >= 15 is 0 Å². The Hall–Kier alpha value is -0.500. The first-order chi connectivity index (χ1) is 6.10. The summed E-state index contributed by atoms with van der Waals surface area (Å²) < 4.78 is 75.8. The normalized spacial score (nSPS) is 16.1. The predicted molar refractivity (Wildman–Crippen MR) is 35.5 cm³/mol. The van der Waals surface area contributed by atoms with Crippen molar-refractivity contribution in [3.8, 4) is 0 Å². The van der Waals surface area contributed by atoms with E-state index in [0.29, 0.717) is 0 Å². The van der Waals surface area contributed by atoms with Crippen molar-refractivity contribution in [1.29, 1.82) is 0 Å². The molecule has 14 heavy (non-hydrogen) atoms. The van der Waals surface area contributed by atoms with Gasteiger partial charge >= 0.3 is 12.4 Å². The first-order valence-corrected chi connectivity index (χ1v) is 3.48. The fourth-order valence-electron chi connectivity index (χ4n) is 0.960. The van der Waals surface area contributed by atoms with Gasteiger partial charge in [0.05, 0.1) is 6.61 Å². The number of alkyl halides is 6. The Labute approximate surface area is 76.0 Å². The average Bonchev–Trinajstić information content (AvgIpc) is 1.78. The molecule has 0 saturated heterocycles. The summed E-state index contributed by atoms with van der Waals surface area (Å²) in [6.45, 7) is -0.802. The van der Waals surface area contributed by atoms with E-state index in [9.17, 15) is 26.3 Å². The average molecular weight is 225 g/mol. The SMILES string of the molecule is COCC(N)C(C(F)(F)F)C(F)(F)F. The molecule has 0 amide bonds. The predicted octanol–water partition coefficient (Wildman–Crippen LogP) is 1.70. The zero-order valence-corrected chi connectivity index (χ0v) is 7.12. The lowest BCUT2D eigenvalue weighted by Gasteiger charge is -2.27. The van der Waals surface area contributed by atoms with Crippen molar-refractivity contribution >= 4 is 0 Å². The van der Waals surface area contributed by atoms with Gasteiger partial charge in [0.2, 0.25) is 0 Å². The van der Waals surface area contributed by atoms with Gasteiger partial charge in [0, 0.05) is 13.2 Å². The minimum Gasteiger partial charge on any atom is -0.383 e. The van der Waals surface area contributed by atoms with Gasteiger partial charge < -0.3 is 10.5 Å². The molecule has 0 fully saturated rings. The quantitative estimate of drug-likeness (QED) is 0.742. The van der Waals surface area contributed by atoms with Gasteiger partial charge in [0.15, 0.2) is 5.92 Å². The van der Waals surface area contributed by atoms with Gasteiger partial charge in [0.25, 0.3) is 0 Å². The summed E-state index contributed by atoms with van der Waals surface area (Å²) in [4.78, 5) is 0. The third kappa shape index (κ3) is 3.70. The summed E-state index contributed by atoms with van der Waals surface area (Å²) in [7, 11) is 0.976. The van der Waals surface area contributed by atoms with Crippen LogP contribution in [0.25, 0.3) is 0 Å². The number of halogens is 6. The van der Waals surface area contributed by atoms with Crippen LogP contribution in [0.3, 0.4) is 0 Å². The molecule has 0 aromatic rings. The first-order valence-electron chi connectivity index (χ1n) is 3.48. The molecule has 2 N–H and O–H groups in total. The van der Waals surface area contributed by atoms with Crippen LogP contribution in [0.4, 0.5) is 26.3 Å². The maximum atomic E-state index is 11.9. The molecule has 1 atom stereocenters. The highest BCUT2D eigenvalue weighted by Gasteiger charge is 2.59. The molecule has 86 valence electrons. The van der Waals surface area contributed by atoms with E-state index in [1.807, 2.05) is 0 Å². The lowest BCUT2D eigenvalue weighted by atomic mass is 10.00. The van der Waals surface area contributed by atoms with E-state index in [1.54, 1.807) is 0 Å². The molecule has 0 aromatic carbocycles. The Morgan fingerprint density at radius 3 is 1.64 bits per heavy atom. The van der Waals surface area contributed by atoms with Crippen molar-refractivity contribution < 1.29 is 31.1 Å². The van der Waals surface area contributed by atoms with Gasteiger partial charge in [-0.2, -0.15) is 26.3 Å². The van der Waals surface area contributed by atoms with Crippen molar-refractivity contribution in [2.24, 2.45) is 11.7 Å². The van der Waals surface area contributed by atoms with E-state index in [4.69, 9.17) is 5.73 Å². The van der Waals surface area contributed by atoms with E-state index in [2.05, 4.69) is 4.74 Å². The molecule has 0 bridgehead atoms. The van der Waals surface area contributed by atoms with E-state index in [0.717, 1.165) is 7.11 Å². The molecule has 0 aliphatic rings. The summed E-state index contributed by atoms with van der Waals surface area (Å²) >= 11 is 0. The molecule has 0 spiro atoms. The maximum absolute atomic E-state index is 11.9. The summed E-state index contributed by atoms with van der Waals surface area (Å²) in [6, 6.07) is -2.14. The first kappa shape index (κ1) is 13.5. The van der Waals surface area contributed by atoms with Gasteiger partial charge in [-0.15, -0.1) is 0 Å². The van der Waals surface area contributed by atoms with E-state index in [1.165, 1.54) is 0 Å². The summed E-state index contributed by atoms with van der Waals surface area (Å²) in [6.07, 6.45) is -10.8. The fraction of sp³-hybridized carbons (Fsp3) is 1.00. The van der Waals surface area contributed by atoms with E-state index < -0.39 is 30.9 Å². The van der Waals surface area contributed by atoms with Crippen LogP contribution in [0.15, 0.2) is 0 Å². The monoisotopic (exact) mass is 225 g/mol.